The van der Waals surface area contributed by atoms with Crippen LogP contribution in [0.4, 0.5) is 5.69 Å². The number of methoxy groups -OCH3 is 1. The molecule has 0 aliphatic carbocycles. The third-order valence-electron chi connectivity index (χ3n) is 8.84. The normalized spacial score (nSPS) is 30.4. The lowest BCUT2D eigenvalue weighted by Gasteiger charge is -2.43. The number of benzene rings is 1. The first kappa shape index (κ1) is 29.2. The first-order valence-electron chi connectivity index (χ1n) is 13.7. The van der Waals surface area contributed by atoms with Gasteiger partial charge in [-0.1, -0.05) is 45.9 Å². The molecule has 2 bridgehead atoms. The van der Waals surface area contributed by atoms with Crippen LogP contribution in [0.15, 0.2) is 49.6 Å². The van der Waals surface area contributed by atoms with E-state index in [0.29, 0.717) is 17.9 Å². The van der Waals surface area contributed by atoms with Crippen molar-refractivity contribution in [1.29, 1.82) is 0 Å². The number of fused-ring (bicyclic) bond motifs is 1. The Labute approximate surface area is 235 Å². The van der Waals surface area contributed by atoms with Gasteiger partial charge in [-0.15, -0.1) is 18.3 Å². The molecular formula is C30H40N2O6S. The van der Waals surface area contributed by atoms with Crippen LogP contribution in [-0.2, 0) is 19.1 Å². The van der Waals surface area contributed by atoms with Gasteiger partial charge in [-0.2, -0.15) is 0 Å². The summed E-state index contributed by atoms with van der Waals surface area (Å²) in [7, 11) is 1.58. The quantitative estimate of drug-likeness (QED) is 0.310. The number of rotatable bonds is 12. The van der Waals surface area contributed by atoms with Crippen LogP contribution in [0.25, 0.3) is 0 Å². The minimum atomic E-state index is -0.856. The van der Waals surface area contributed by atoms with Crippen molar-refractivity contribution in [2.75, 3.05) is 31.8 Å². The fourth-order valence-electron chi connectivity index (χ4n) is 6.78. The van der Waals surface area contributed by atoms with E-state index in [1.807, 2.05) is 26.0 Å². The van der Waals surface area contributed by atoms with Crippen molar-refractivity contribution in [2.24, 2.45) is 23.7 Å². The van der Waals surface area contributed by atoms with Gasteiger partial charge in [0.2, 0.25) is 5.91 Å². The van der Waals surface area contributed by atoms with Crippen molar-refractivity contribution in [1.82, 2.24) is 4.90 Å². The van der Waals surface area contributed by atoms with Gasteiger partial charge in [-0.3, -0.25) is 14.4 Å². The third kappa shape index (κ3) is 4.67. The van der Waals surface area contributed by atoms with E-state index < -0.39 is 34.6 Å². The predicted octanol–water partition coefficient (Wildman–Crippen LogP) is 3.69. The zero-order chi connectivity index (χ0) is 28.5. The number of aliphatic hydroxyl groups is 1. The van der Waals surface area contributed by atoms with E-state index in [1.165, 1.54) is 6.08 Å². The largest absolute Gasteiger partial charge is 0.497 e. The summed E-state index contributed by atoms with van der Waals surface area (Å²) < 4.78 is 9.95. The standard InChI is InChI=1S/C30H40N2O6S/c1-7-14-31(20-10-12-21(37-6)13-11-20)28(35)26-30-19(5)16-23(39-30)24(29(36)38-15-8-2)25(30)27(34)32(26)22(17-33)18(4)9-3/h7-8,10-13,18-19,22-26,33H,1-2,9,14-17H2,3-6H3/t18-,19?,22-,23-,24+,25-,26?,30?/m0/s1. The number of esters is 1. The molecule has 0 aromatic heterocycles. The Kier molecular flexibility index (Phi) is 8.81. The average molecular weight is 557 g/mol. The monoisotopic (exact) mass is 556 g/mol. The minimum Gasteiger partial charge on any atom is -0.497 e. The molecule has 3 aliphatic heterocycles. The molecule has 3 aliphatic rings. The second-order valence-corrected chi connectivity index (χ2v) is 12.3. The number of amides is 2. The van der Waals surface area contributed by atoms with E-state index in [0.717, 1.165) is 6.42 Å². The van der Waals surface area contributed by atoms with Crippen molar-refractivity contribution >= 4 is 35.2 Å². The maximum Gasteiger partial charge on any atom is 0.311 e. The van der Waals surface area contributed by atoms with Gasteiger partial charge in [-0.05, 0) is 42.5 Å². The minimum absolute atomic E-state index is 0.00146. The molecule has 1 N–H and O–H groups in total. The molecule has 212 valence electrons. The molecule has 39 heavy (non-hydrogen) atoms. The maximum atomic E-state index is 14.7. The van der Waals surface area contributed by atoms with Crippen LogP contribution in [0.2, 0.25) is 0 Å². The SMILES string of the molecule is C=CCOC(=O)[C@@H]1[C@@H]2CC(C)C3(S2)C(C(=O)N(CC=C)c2ccc(OC)cc2)N([C@@H](CO)[C@@H](C)CC)C(=O)[C@H]13. The van der Waals surface area contributed by atoms with Crippen molar-refractivity contribution in [3.05, 3.63) is 49.6 Å². The molecule has 3 fully saturated rings. The molecular weight excluding hydrogens is 516 g/mol. The predicted molar refractivity (Wildman–Crippen MR) is 153 cm³/mol. The summed E-state index contributed by atoms with van der Waals surface area (Å²) in [5.74, 6) is -1.65. The molecule has 1 aromatic carbocycles. The number of hydrogen-bond donors (Lipinski definition) is 1. The second-order valence-electron chi connectivity index (χ2n) is 10.8. The molecule has 8 atom stereocenters. The Morgan fingerprint density at radius 2 is 1.97 bits per heavy atom. The summed E-state index contributed by atoms with van der Waals surface area (Å²) in [5, 5.41) is 10.4. The highest BCUT2D eigenvalue weighted by atomic mass is 32.2. The van der Waals surface area contributed by atoms with E-state index in [2.05, 4.69) is 20.1 Å². The Morgan fingerprint density at radius 1 is 1.28 bits per heavy atom. The first-order chi connectivity index (χ1) is 18.7. The van der Waals surface area contributed by atoms with Gasteiger partial charge < -0.3 is 24.4 Å². The van der Waals surface area contributed by atoms with Crippen molar-refractivity contribution < 1.29 is 29.0 Å². The van der Waals surface area contributed by atoms with E-state index in [1.54, 1.807) is 46.9 Å². The Morgan fingerprint density at radius 3 is 2.54 bits per heavy atom. The third-order valence-corrected chi connectivity index (χ3v) is 10.9. The molecule has 0 radical (unpaired) electrons. The highest BCUT2D eigenvalue weighted by molar-refractivity contribution is 8.02. The lowest BCUT2D eigenvalue weighted by Crippen LogP contribution is -2.60. The number of carbonyl (C=O) groups is 3. The van der Waals surface area contributed by atoms with Gasteiger partial charge in [0.25, 0.3) is 5.91 Å². The van der Waals surface area contributed by atoms with E-state index in [9.17, 15) is 19.5 Å². The number of carbonyl (C=O) groups excluding carboxylic acids is 3. The van der Waals surface area contributed by atoms with Gasteiger partial charge in [0.1, 0.15) is 18.4 Å². The molecule has 4 rings (SSSR count). The second kappa shape index (κ2) is 11.8. The summed E-state index contributed by atoms with van der Waals surface area (Å²) >= 11 is 1.59. The Bertz CT molecular complexity index is 1110. The topological polar surface area (TPSA) is 96.4 Å². The number of anilines is 1. The van der Waals surface area contributed by atoms with Gasteiger partial charge in [-0.25, -0.2) is 0 Å². The maximum absolute atomic E-state index is 14.7. The van der Waals surface area contributed by atoms with Gasteiger partial charge in [0.05, 0.1) is 36.3 Å². The van der Waals surface area contributed by atoms with Crippen LogP contribution in [0.3, 0.4) is 0 Å². The number of likely N-dealkylation sites (tertiary alicyclic amines) is 1. The highest BCUT2D eigenvalue weighted by Gasteiger charge is 2.77. The average Bonchev–Trinajstić information content (AvgIpc) is 3.54. The van der Waals surface area contributed by atoms with E-state index in [4.69, 9.17) is 9.47 Å². The zero-order valence-corrected chi connectivity index (χ0v) is 24.1. The molecule has 9 heteroatoms. The molecule has 1 aromatic rings. The summed E-state index contributed by atoms with van der Waals surface area (Å²) in [6, 6.07) is 5.79. The van der Waals surface area contributed by atoms with Crippen LogP contribution in [0, 0.1) is 23.7 Å². The first-order valence-corrected chi connectivity index (χ1v) is 14.5. The van der Waals surface area contributed by atoms with Crippen LogP contribution < -0.4 is 9.64 Å². The lowest BCUT2D eigenvalue weighted by atomic mass is 9.66. The lowest BCUT2D eigenvalue weighted by molar-refractivity contribution is -0.154. The van der Waals surface area contributed by atoms with Gasteiger partial charge in [0.15, 0.2) is 0 Å². The van der Waals surface area contributed by atoms with E-state index >= 15 is 0 Å². The number of aliphatic hydroxyl groups excluding tert-OH is 1. The highest BCUT2D eigenvalue weighted by Crippen LogP contribution is 2.69. The Hall–Kier alpha value is -2.78. The van der Waals surface area contributed by atoms with Crippen LogP contribution in [-0.4, -0.2) is 76.7 Å². The molecule has 2 amide bonds. The fourth-order valence-corrected chi connectivity index (χ4v) is 9.17. The summed E-state index contributed by atoms with van der Waals surface area (Å²) in [4.78, 5) is 45.7. The number of thioether (sulfide) groups is 1. The number of hydrogen-bond acceptors (Lipinski definition) is 7. The summed E-state index contributed by atoms with van der Waals surface area (Å²) in [6.07, 6.45) is 4.60. The van der Waals surface area contributed by atoms with Gasteiger partial charge in [0, 0.05) is 17.5 Å². The van der Waals surface area contributed by atoms with Crippen LogP contribution >= 0.6 is 11.8 Å². The molecule has 3 unspecified atom stereocenters. The van der Waals surface area contributed by atoms with Crippen molar-refractivity contribution in [3.63, 3.8) is 0 Å². The van der Waals surface area contributed by atoms with E-state index in [-0.39, 0.29) is 48.7 Å². The smallest absolute Gasteiger partial charge is 0.311 e. The molecule has 8 nitrogen and oxygen atoms in total. The summed E-state index contributed by atoms with van der Waals surface area (Å²) in [6.45, 7) is 13.6. The fraction of sp³-hybridized carbons (Fsp3) is 0.567. The Balaban J connectivity index is 1.85. The summed E-state index contributed by atoms with van der Waals surface area (Å²) in [5.41, 5.74) is 0.657. The van der Waals surface area contributed by atoms with Crippen LogP contribution in [0.5, 0.6) is 5.75 Å². The van der Waals surface area contributed by atoms with Crippen LogP contribution in [0.1, 0.15) is 33.6 Å². The molecule has 3 saturated heterocycles. The number of ether oxygens (including phenoxy) is 2. The number of nitrogens with zero attached hydrogens (tertiary/aromatic N) is 2. The molecule has 3 heterocycles. The van der Waals surface area contributed by atoms with Crippen molar-refractivity contribution in [2.45, 2.75) is 55.7 Å². The van der Waals surface area contributed by atoms with Crippen molar-refractivity contribution in [3.8, 4) is 5.75 Å². The molecule has 0 saturated carbocycles. The van der Waals surface area contributed by atoms with Gasteiger partial charge >= 0.3 is 5.97 Å². The zero-order valence-electron chi connectivity index (χ0n) is 23.2. The molecule has 1 spiro atoms.